The molecule has 4 heteroatoms. The Morgan fingerprint density at radius 1 is 1.60 bits per heavy atom. The highest BCUT2D eigenvalue weighted by Crippen LogP contribution is 2.05. The normalized spacial score (nSPS) is 29.4. The molecule has 1 rings (SSSR count). The van der Waals surface area contributed by atoms with Gasteiger partial charge in [-0.25, -0.2) is 8.78 Å². The molecule has 2 nitrogen and oxygen atoms in total. The molecule has 1 heterocycles. The fourth-order valence-corrected chi connectivity index (χ4v) is 1.10. The number of hydrogen-bond acceptors (Lipinski definition) is 2. The average molecular weight is 150 g/mol. The molecule has 0 aromatic carbocycles. The van der Waals surface area contributed by atoms with E-state index in [0.29, 0.717) is 13.1 Å². The smallest absolute Gasteiger partial charge is 0.254 e. The van der Waals surface area contributed by atoms with Gasteiger partial charge in [0, 0.05) is 19.6 Å². The lowest BCUT2D eigenvalue weighted by Crippen LogP contribution is -2.52. The summed E-state index contributed by atoms with van der Waals surface area (Å²) in [5.41, 5.74) is 0. The highest BCUT2D eigenvalue weighted by atomic mass is 19.3. The summed E-state index contributed by atoms with van der Waals surface area (Å²) in [6.07, 6.45) is -2.23. The summed E-state index contributed by atoms with van der Waals surface area (Å²) in [6.45, 7) is 1.99. The van der Waals surface area contributed by atoms with E-state index in [0.717, 1.165) is 6.54 Å². The Hall–Kier alpha value is -0.220. The molecule has 0 aromatic heterocycles. The van der Waals surface area contributed by atoms with Crippen LogP contribution in [0.3, 0.4) is 0 Å². The van der Waals surface area contributed by atoms with E-state index in [2.05, 4.69) is 5.32 Å². The molecule has 0 amide bonds. The summed E-state index contributed by atoms with van der Waals surface area (Å²) in [5.74, 6) is 0. The third-order valence-corrected chi connectivity index (χ3v) is 1.71. The highest BCUT2D eigenvalue weighted by Gasteiger charge is 2.24. The largest absolute Gasteiger partial charge is 0.307 e. The highest BCUT2D eigenvalue weighted by molar-refractivity contribution is 4.78. The van der Waals surface area contributed by atoms with Gasteiger partial charge in [-0.05, 0) is 7.05 Å². The number of piperazine rings is 1. The number of nitrogens with zero attached hydrogens (tertiary/aromatic N) is 1. The van der Waals surface area contributed by atoms with Crippen molar-refractivity contribution in [2.45, 2.75) is 12.5 Å². The summed E-state index contributed by atoms with van der Waals surface area (Å²) in [4.78, 5) is 1.91. The molecule has 1 saturated heterocycles. The predicted octanol–water partition coefficient (Wildman–Crippen LogP) is 0.155. The van der Waals surface area contributed by atoms with E-state index < -0.39 is 12.5 Å². The van der Waals surface area contributed by atoms with Crippen LogP contribution in [0.25, 0.3) is 0 Å². The van der Waals surface area contributed by atoms with Crippen LogP contribution in [0.2, 0.25) is 0 Å². The fourth-order valence-electron chi connectivity index (χ4n) is 1.10. The maximum Gasteiger partial charge on any atom is 0.254 e. The summed E-state index contributed by atoms with van der Waals surface area (Å²) in [6, 6.07) is -0.626. The number of nitrogens with one attached hydrogen (secondary N) is 1. The zero-order chi connectivity index (χ0) is 7.56. The lowest BCUT2D eigenvalue weighted by Gasteiger charge is -2.30. The van der Waals surface area contributed by atoms with E-state index >= 15 is 0 Å². The van der Waals surface area contributed by atoms with E-state index in [4.69, 9.17) is 0 Å². The molecule has 1 atom stereocenters. The Bertz CT molecular complexity index is 108. The third-order valence-electron chi connectivity index (χ3n) is 1.71. The molecule has 0 saturated carbocycles. The summed E-state index contributed by atoms with van der Waals surface area (Å²) in [5, 5.41) is 2.76. The summed E-state index contributed by atoms with van der Waals surface area (Å²) >= 11 is 0. The molecule has 0 spiro atoms. The SMILES string of the molecule is CN1CCN[C@H](C(F)F)C1. The second kappa shape index (κ2) is 3.25. The Labute approximate surface area is 59.2 Å². The van der Waals surface area contributed by atoms with Crippen LogP contribution in [0.15, 0.2) is 0 Å². The van der Waals surface area contributed by atoms with Crippen LogP contribution < -0.4 is 5.32 Å². The molecule has 0 radical (unpaired) electrons. The molecule has 10 heavy (non-hydrogen) atoms. The standard InChI is InChI=1S/C6H12F2N2/c1-10-3-2-9-5(4-10)6(7)8/h5-6,9H,2-4H2,1H3/t5-/m0/s1. The molecule has 0 aromatic rings. The zero-order valence-corrected chi connectivity index (χ0v) is 5.98. The van der Waals surface area contributed by atoms with Crippen molar-refractivity contribution in [3.8, 4) is 0 Å². The second-order valence-electron chi connectivity index (χ2n) is 2.66. The Kier molecular flexibility index (Phi) is 2.56. The van der Waals surface area contributed by atoms with Gasteiger partial charge in [0.05, 0.1) is 6.04 Å². The number of halogens is 2. The molecule has 1 aliphatic rings. The van der Waals surface area contributed by atoms with E-state index in [1.807, 2.05) is 11.9 Å². The molecule has 1 aliphatic heterocycles. The number of alkyl halides is 2. The molecule has 60 valence electrons. The van der Waals surface area contributed by atoms with E-state index in [1.54, 1.807) is 0 Å². The maximum atomic E-state index is 12.0. The van der Waals surface area contributed by atoms with Crippen molar-refractivity contribution in [2.75, 3.05) is 26.7 Å². The van der Waals surface area contributed by atoms with Crippen molar-refractivity contribution in [3.05, 3.63) is 0 Å². The van der Waals surface area contributed by atoms with Crippen molar-refractivity contribution in [1.29, 1.82) is 0 Å². The van der Waals surface area contributed by atoms with Gasteiger partial charge in [0.1, 0.15) is 0 Å². The summed E-state index contributed by atoms with van der Waals surface area (Å²) in [7, 11) is 1.86. The van der Waals surface area contributed by atoms with Gasteiger partial charge < -0.3 is 10.2 Å². The Balaban J connectivity index is 2.32. The quantitative estimate of drug-likeness (QED) is 0.572. The topological polar surface area (TPSA) is 15.3 Å². The van der Waals surface area contributed by atoms with Crippen molar-refractivity contribution in [1.82, 2.24) is 10.2 Å². The summed E-state index contributed by atoms with van der Waals surface area (Å²) < 4.78 is 24.0. The van der Waals surface area contributed by atoms with Crippen LogP contribution in [0.5, 0.6) is 0 Å². The molecular weight excluding hydrogens is 138 g/mol. The molecule has 0 unspecified atom stereocenters. The van der Waals surface area contributed by atoms with Gasteiger partial charge >= 0.3 is 0 Å². The molecule has 0 bridgehead atoms. The Morgan fingerprint density at radius 3 is 2.70 bits per heavy atom. The minimum atomic E-state index is -2.23. The Morgan fingerprint density at radius 2 is 2.30 bits per heavy atom. The first-order chi connectivity index (χ1) is 4.70. The van der Waals surface area contributed by atoms with E-state index in [9.17, 15) is 8.78 Å². The van der Waals surface area contributed by atoms with Crippen LogP contribution in [-0.2, 0) is 0 Å². The van der Waals surface area contributed by atoms with Gasteiger partial charge in [-0.1, -0.05) is 0 Å². The number of likely N-dealkylation sites (N-methyl/N-ethyl adjacent to an activating group) is 1. The van der Waals surface area contributed by atoms with Gasteiger partial charge in [0.25, 0.3) is 6.43 Å². The van der Waals surface area contributed by atoms with Gasteiger partial charge in [-0.3, -0.25) is 0 Å². The van der Waals surface area contributed by atoms with Crippen LogP contribution in [-0.4, -0.2) is 44.0 Å². The van der Waals surface area contributed by atoms with E-state index in [1.165, 1.54) is 0 Å². The maximum absolute atomic E-state index is 12.0. The molecular formula is C6H12F2N2. The van der Waals surface area contributed by atoms with Crippen molar-refractivity contribution >= 4 is 0 Å². The number of hydrogen-bond donors (Lipinski definition) is 1. The van der Waals surface area contributed by atoms with Crippen molar-refractivity contribution in [3.63, 3.8) is 0 Å². The number of rotatable bonds is 1. The second-order valence-corrected chi connectivity index (χ2v) is 2.66. The van der Waals surface area contributed by atoms with E-state index in [-0.39, 0.29) is 0 Å². The van der Waals surface area contributed by atoms with Crippen LogP contribution in [0.1, 0.15) is 0 Å². The minimum Gasteiger partial charge on any atom is -0.307 e. The van der Waals surface area contributed by atoms with Gasteiger partial charge in [0.2, 0.25) is 0 Å². The molecule has 1 fully saturated rings. The lowest BCUT2D eigenvalue weighted by atomic mass is 10.2. The monoisotopic (exact) mass is 150 g/mol. The first-order valence-corrected chi connectivity index (χ1v) is 3.40. The van der Waals surface area contributed by atoms with Crippen LogP contribution in [0.4, 0.5) is 8.78 Å². The van der Waals surface area contributed by atoms with Crippen LogP contribution in [0, 0.1) is 0 Å². The minimum absolute atomic E-state index is 0.456. The predicted molar refractivity (Wildman–Crippen MR) is 35.3 cm³/mol. The molecule has 0 aliphatic carbocycles. The van der Waals surface area contributed by atoms with Crippen molar-refractivity contribution in [2.24, 2.45) is 0 Å². The van der Waals surface area contributed by atoms with Gasteiger partial charge in [-0.2, -0.15) is 0 Å². The fraction of sp³-hybridized carbons (Fsp3) is 1.00. The van der Waals surface area contributed by atoms with Gasteiger partial charge in [0.15, 0.2) is 0 Å². The van der Waals surface area contributed by atoms with Crippen molar-refractivity contribution < 1.29 is 8.78 Å². The lowest BCUT2D eigenvalue weighted by molar-refractivity contribution is 0.0644. The zero-order valence-electron chi connectivity index (χ0n) is 5.98. The first-order valence-electron chi connectivity index (χ1n) is 3.40. The third kappa shape index (κ3) is 1.88. The van der Waals surface area contributed by atoms with Crippen LogP contribution >= 0.6 is 0 Å². The van der Waals surface area contributed by atoms with Gasteiger partial charge in [-0.15, -0.1) is 0 Å². The average Bonchev–Trinajstić information content (AvgIpc) is 1.88. The first kappa shape index (κ1) is 7.88. The molecule has 1 N–H and O–H groups in total.